The van der Waals surface area contributed by atoms with Gasteiger partial charge in [-0.3, -0.25) is 4.79 Å². The van der Waals surface area contributed by atoms with Gasteiger partial charge in [-0.25, -0.2) is 0 Å². The smallest absolute Gasteiger partial charge is 0.391 e. The van der Waals surface area contributed by atoms with Crippen molar-refractivity contribution in [3.8, 4) is 0 Å². The first-order chi connectivity index (χ1) is 9.79. The first-order valence-corrected chi connectivity index (χ1v) is 7.11. The molecular weight excluding hydrogens is 287 g/mol. The van der Waals surface area contributed by atoms with E-state index in [0.29, 0.717) is 19.4 Å². The number of amidine groups is 1. The molecule has 1 rings (SSSR count). The van der Waals surface area contributed by atoms with Gasteiger partial charge in [0.05, 0.1) is 5.92 Å². The van der Waals surface area contributed by atoms with Crippen LogP contribution in [0.25, 0.3) is 0 Å². The number of halogens is 3. The molecule has 1 amide bonds. The Balaban J connectivity index is 2.63. The van der Waals surface area contributed by atoms with E-state index < -0.39 is 18.0 Å². The van der Waals surface area contributed by atoms with Gasteiger partial charge in [0, 0.05) is 25.4 Å². The third-order valence-electron chi connectivity index (χ3n) is 3.95. The minimum Gasteiger partial charge on any atom is -0.409 e. The Hall–Kier alpha value is -1.47. The van der Waals surface area contributed by atoms with Crippen LogP contribution in [0.3, 0.4) is 0 Å². The minimum absolute atomic E-state index is 0.00179. The normalized spacial score (nSPS) is 23.9. The number of nitrogens with two attached hydrogens (primary N) is 1. The van der Waals surface area contributed by atoms with E-state index in [4.69, 9.17) is 10.9 Å². The number of hydrogen-bond donors (Lipinski definition) is 2. The van der Waals surface area contributed by atoms with Crippen LogP contribution in [0.1, 0.15) is 39.0 Å². The van der Waals surface area contributed by atoms with Crippen molar-refractivity contribution >= 4 is 11.7 Å². The average molecular weight is 309 g/mol. The van der Waals surface area contributed by atoms with E-state index in [1.807, 2.05) is 0 Å². The lowest BCUT2D eigenvalue weighted by molar-refractivity contribution is -0.187. The van der Waals surface area contributed by atoms with E-state index in [-0.39, 0.29) is 37.6 Å². The monoisotopic (exact) mass is 309 g/mol. The van der Waals surface area contributed by atoms with E-state index >= 15 is 0 Å². The molecule has 8 heteroatoms. The Morgan fingerprint density at radius 1 is 1.43 bits per heavy atom. The molecule has 2 atom stereocenters. The number of carbonyl (C=O) groups excluding carboxylic acids is 1. The van der Waals surface area contributed by atoms with Crippen LogP contribution in [0.15, 0.2) is 5.16 Å². The van der Waals surface area contributed by atoms with E-state index in [9.17, 15) is 18.0 Å². The second-order valence-electron chi connectivity index (χ2n) is 5.36. The number of nitrogens with zero attached hydrogens (tertiary/aromatic N) is 2. The molecule has 0 bridgehead atoms. The molecule has 0 aliphatic heterocycles. The molecule has 0 radical (unpaired) electrons. The molecule has 0 aromatic carbocycles. The summed E-state index contributed by atoms with van der Waals surface area (Å²) < 4.78 is 38.3. The standard InChI is InChI=1S/C13H22F3N3O2/c1-2-19(7-6-11(17)18-21)12(20)9-4-3-5-10(8-9)13(14,15)16/h9-10,21H,2-8H2,1H3,(H2,17,18). The van der Waals surface area contributed by atoms with E-state index in [2.05, 4.69) is 5.16 Å². The third-order valence-corrected chi connectivity index (χ3v) is 3.95. The molecule has 0 saturated heterocycles. The van der Waals surface area contributed by atoms with Crippen LogP contribution < -0.4 is 5.73 Å². The Morgan fingerprint density at radius 2 is 2.10 bits per heavy atom. The van der Waals surface area contributed by atoms with Gasteiger partial charge < -0.3 is 15.8 Å². The molecule has 1 aliphatic rings. The van der Waals surface area contributed by atoms with Gasteiger partial charge in [-0.2, -0.15) is 13.2 Å². The molecule has 3 N–H and O–H groups in total. The highest BCUT2D eigenvalue weighted by Crippen LogP contribution is 2.40. The van der Waals surface area contributed by atoms with Crippen molar-refractivity contribution in [1.82, 2.24) is 4.90 Å². The van der Waals surface area contributed by atoms with Crippen LogP contribution in [0.5, 0.6) is 0 Å². The van der Waals surface area contributed by atoms with Gasteiger partial charge in [-0.1, -0.05) is 11.6 Å². The van der Waals surface area contributed by atoms with Crippen molar-refractivity contribution in [3.63, 3.8) is 0 Å². The van der Waals surface area contributed by atoms with Gasteiger partial charge in [0.15, 0.2) is 0 Å². The fourth-order valence-corrected chi connectivity index (χ4v) is 2.69. The van der Waals surface area contributed by atoms with Crippen molar-refractivity contribution in [1.29, 1.82) is 0 Å². The molecular formula is C13H22F3N3O2. The third kappa shape index (κ3) is 5.09. The number of oxime groups is 1. The molecule has 0 aromatic rings. The molecule has 0 heterocycles. The largest absolute Gasteiger partial charge is 0.409 e. The molecule has 1 fully saturated rings. The summed E-state index contributed by atoms with van der Waals surface area (Å²) in [4.78, 5) is 13.8. The Labute approximate surface area is 122 Å². The van der Waals surface area contributed by atoms with E-state index in [1.165, 1.54) is 4.90 Å². The topological polar surface area (TPSA) is 78.9 Å². The summed E-state index contributed by atoms with van der Waals surface area (Å²) >= 11 is 0. The maximum Gasteiger partial charge on any atom is 0.391 e. The van der Waals surface area contributed by atoms with Gasteiger partial charge in [0.2, 0.25) is 5.91 Å². The number of amides is 1. The zero-order valence-electron chi connectivity index (χ0n) is 12.1. The van der Waals surface area contributed by atoms with Crippen LogP contribution in [-0.2, 0) is 4.79 Å². The van der Waals surface area contributed by atoms with Crippen molar-refractivity contribution in [2.24, 2.45) is 22.7 Å². The SMILES string of the molecule is CCN(CCC(N)=NO)C(=O)C1CCCC(C(F)(F)F)C1. The highest BCUT2D eigenvalue weighted by molar-refractivity contribution is 5.82. The van der Waals surface area contributed by atoms with E-state index in [0.717, 1.165) is 0 Å². The summed E-state index contributed by atoms with van der Waals surface area (Å²) in [7, 11) is 0. The number of carbonyl (C=O) groups is 1. The first-order valence-electron chi connectivity index (χ1n) is 7.11. The highest BCUT2D eigenvalue weighted by Gasteiger charge is 2.44. The Morgan fingerprint density at radius 3 is 2.62 bits per heavy atom. The first kappa shape index (κ1) is 17.6. The summed E-state index contributed by atoms with van der Waals surface area (Å²) in [5.41, 5.74) is 5.35. The van der Waals surface area contributed by atoms with Crippen LogP contribution in [0.2, 0.25) is 0 Å². The maximum atomic E-state index is 12.8. The molecule has 1 aliphatic carbocycles. The number of rotatable bonds is 5. The van der Waals surface area contributed by atoms with Gasteiger partial charge in [-0.05, 0) is 26.2 Å². The predicted octanol–water partition coefficient (Wildman–Crippen LogP) is 2.34. The molecule has 0 spiro atoms. The average Bonchev–Trinajstić information content (AvgIpc) is 2.46. The lowest BCUT2D eigenvalue weighted by atomic mass is 9.80. The van der Waals surface area contributed by atoms with Crippen LogP contribution in [0, 0.1) is 11.8 Å². The van der Waals surface area contributed by atoms with Crippen molar-refractivity contribution in [2.45, 2.75) is 45.2 Å². The minimum atomic E-state index is -4.23. The second-order valence-corrected chi connectivity index (χ2v) is 5.36. The summed E-state index contributed by atoms with van der Waals surface area (Å²) in [6.07, 6.45) is -3.16. The number of hydrogen-bond acceptors (Lipinski definition) is 3. The summed E-state index contributed by atoms with van der Waals surface area (Å²) in [6, 6.07) is 0. The Bertz CT molecular complexity index is 385. The summed E-state index contributed by atoms with van der Waals surface area (Å²) in [5, 5.41) is 11.3. The maximum absolute atomic E-state index is 12.8. The fourth-order valence-electron chi connectivity index (χ4n) is 2.69. The highest BCUT2D eigenvalue weighted by atomic mass is 19.4. The van der Waals surface area contributed by atoms with E-state index in [1.54, 1.807) is 6.92 Å². The van der Waals surface area contributed by atoms with Gasteiger partial charge in [0.1, 0.15) is 5.84 Å². The fraction of sp³-hybridized carbons (Fsp3) is 0.846. The van der Waals surface area contributed by atoms with Gasteiger partial charge in [-0.15, -0.1) is 0 Å². The second kappa shape index (κ2) is 7.51. The van der Waals surface area contributed by atoms with Crippen LogP contribution in [0.4, 0.5) is 13.2 Å². The zero-order valence-corrected chi connectivity index (χ0v) is 12.1. The number of alkyl halides is 3. The summed E-state index contributed by atoms with van der Waals surface area (Å²) in [6.45, 7) is 2.40. The molecule has 0 aromatic heterocycles. The van der Waals surface area contributed by atoms with Gasteiger partial charge in [0.25, 0.3) is 0 Å². The van der Waals surface area contributed by atoms with Crippen molar-refractivity contribution in [3.05, 3.63) is 0 Å². The lowest BCUT2D eigenvalue weighted by Crippen LogP contribution is -2.41. The zero-order chi connectivity index (χ0) is 16.0. The predicted molar refractivity (Wildman–Crippen MR) is 71.8 cm³/mol. The molecule has 1 saturated carbocycles. The molecule has 122 valence electrons. The lowest BCUT2D eigenvalue weighted by Gasteiger charge is -2.33. The van der Waals surface area contributed by atoms with Crippen LogP contribution in [-0.4, -0.2) is 41.1 Å². The van der Waals surface area contributed by atoms with Crippen LogP contribution >= 0.6 is 0 Å². The molecule has 2 unspecified atom stereocenters. The van der Waals surface area contributed by atoms with Crippen molar-refractivity contribution in [2.75, 3.05) is 13.1 Å². The molecule has 5 nitrogen and oxygen atoms in total. The van der Waals surface area contributed by atoms with Gasteiger partial charge >= 0.3 is 6.18 Å². The Kier molecular flexibility index (Phi) is 6.29. The summed E-state index contributed by atoms with van der Waals surface area (Å²) in [5.74, 6) is -2.24. The quantitative estimate of drug-likeness (QED) is 0.354. The van der Waals surface area contributed by atoms with Crippen molar-refractivity contribution < 1.29 is 23.2 Å². The molecule has 21 heavy (non-hydrogen) atoms.